The van der Waals surface area contributed by atoms with E-state index in [4.69, 9.17) is 4.74 Å². The van der Waals surface area contributed by atoms with Gasteiger partial charge >= 0.3 is 0 Å². The predicted molar refractivity (Wildman–Crippen MR) is 55.5 cm³/mol. The third-order valence-corrected chi connectivity index (χ3v) is 2.50. The van der Waals surface area contributed by atoms with E-state index in [1.807, 2.05) is 0 Å². The van der Waals surface area contributed by atoms with Gasteiger partial charge in [0.25, 0.3) is 5.91 Å². The lowest BCUT2D eigenvalue weighted by molar-refractivity contribution is -0.0978. The fourth-order valence-electron chi connectivity index (χ4n) is 1.45. The van der Waals surface area contributed by atoms with Gasteiger partial charge in [0.2, 0.25) is 0 Å². The highest BCUT2D eigenvalue weighted by Gasteiger charge is 2.33. The number of ether oxygens (including phenoxy) is 1. The van der Waals surface area contributed by atoms with Gasteiger partial charge in [-0.25, -0.2) is 0 Å². The van der Waals surface area contributed by atoms with E-state index >= 15 is 0 Å². The van der Waals surface area contributed by atoms with Crippen molar-refractivity contribution in [1.82, 2.24) is 10.3 Å². The number of hydrogen-bond donors (Lipinski definition) is 1. The van der Waals surface area contributed by atoms with E-state index < -0.39 is 0 Å². The van der Waals surface area contributed by atoms with Crippen LogP contribution in [0, 0.1) is 5.41 Å². The Morgan fingerprint density at radius 1 is 1.67 bits per heavy atom. The maximum atomic E-state index is 11.6. The van der Waals surface area contributed by atoms with Gasteiger partial charge in [0.15, 0.2) is 0 Å². The van der Waals surface area contributed by atoms with Crippen molar-refractivity contribution >= 4 is 5.91 Å². The monoisotopic (exact) mass is 206 g/mol. The lowest BCUT2D eigenvalue weighted by atomic mass is 9.89. The predicted octanol–water partition coefficient (Wildman–Crippen LogP) is 0.848. The molecule has 4 heteroatoms. The molecule has 1 aromatic rings. The first-order valence-electron chi connectivity index (χ1n) is 4.96. The van der Waals surface area contributed by atoms with Crippen LogP contribution in [0.1, 0.15) is 17.3 Å². The Bertz CT molecular complexity index is 347. The number of nitrogens with one attached hydrogen (secondary N) is 1. The van der Waals surface area contributed by atoms with E-state index in [0.717, 1.165) is 13.2 Å². The van der Waals surface area contributed by atoms with Gasteiger partial charge in [0, 0.05) is 24.4 Å². The minimum Gasteiger partial charge on any atom is -0.380 e. The number of rotatable bonds is 3. The zero-order valence-corrected chi connectivity index (χ0v) is 8.69. The molecule has 0 saturated carbocycles. The zero-order valence-electron chi connectivity index (χ0n) is 8.69. The molecule has 0 bridgehead atoms. The largest absolute Gasteiger partial charge is 0.380 e. The Hall–Kier alpha value is -1.42. The van der Waals surface area contributed by atoms with Gasteiger partial charge in [-0.15, -0.1) is 0 Å². The third kappa shape index (κ3) is 2.33. The Labute approximate surface area is 88.7 Å². The minimum absolute atomic E-state index is 0.0729. The maximum Gasteiger partial charge on any atom is 0.252 e. The molecule has 1 N–H and O–H groups in total. The molecule has 1 aromatic heterocycles. The standard InChI is InChI=1S/C11H14N2O2/c1-11(7-15-8-11)6-13-10(14)9-3-2-4-12-5-9/h2-5H,6-8H2,1H3,(H,13,14). The van der Waals surface area contributed by atoms with E-state index in [1.165, 1.54) is 0 Å². The fraction of sp³-hybridized carbons (Fsp3) is 0.455. The summed E-state index contributed by atoms with van der Waals surface area (Å²) in [4.78, 5) is 15.5. The first-order valence-corrected chi connectivity index (χ1v) is 4.96. The van der Waals surface area contributed by atoms with Crippen LogP contribution < -0.4 is 5.32 Å². The molecule has 2 heterocycles. The second-order valence-electron chi connectivity index (χ2n) is 4.23. The number of pyridine rings is 1. The van der Waals surface area contributed by atoms with Gasteiger partial charge in [-0.3, -0.25) is 9.78 Å². The van der Waals surface area contributed by atoms with Gasteiger partial charge in [-0.1, -0.05) is 6.92 Å². The molecule has 4 nitrogen and oxygen atoms in total. The molecule has 15 heavy (non-hydrogen) atoms. The molecule has 80 valence electrons. The number of aromatic nitrogens is 1. The lowest BCUT2D eigenvalue weighted by Crippen LogP contribution is -2.48. The number of amides is 1. The molecule has 1 amide bonds. The number of hydrogen-bond acceptors (Lipinski definition) is 3. The molecular formula is C11H14N2O2. The highest BCUT2D eigenvalue weighted by Crippen LogP contribution is 2.25. The molecule has 2 rings (SSSR count). The third-order valence-electron chi connectivity index (χ3n) is 2.50. The maximum absolute atomic E-state index is 11.6. The summed E-state index contributed by atoms with van der Waals surface area (Å²) >= 11 is 0. The molecule has 0 spiro atoms. The Kier molecular flexibility index (Phi) is 2.68. The molecule has 0 atom stereocenters. The molecule has 1 aliphatic rings. The lowest BCUT2D eigenvalue weighted by Gasteiger charge is -2.37. The highest BCUT2D eigenvalue weighted by atomic mass is 16.5. The van der Waals surface area contributed by atoms with Gasteiger partial charge < -0.3 is 10.1 Å². The molecule has 1 fully saturated rings. The molecule has 0 unspecified atom stereocenters. The second kappa shape index (κ2) is 3.98. The van der Waals surface area contributed by atoms with E-state index in [1.54, 1.807) is 24.5 Å². The summed E-state index contributed by atoms with van der Waals surface area (Å²) in [5.41, 5.74) is 0.707. The number of carbonyl (C=O) groups is 1. The molecule has 1 aliphatic heterocycles. The summed E-state index contributed by atoms with van der Waals surface area (Å²) in [6, 6.07) is 3.50. The van der Waals surface area contributed by atoms with Crippen LogP contribution in [0.2, 0.25) is 0 Å². The highest BCUT2D eigenvalue weighted by molar-refractivity contribution is 5.93. The van der Waals surface area contributed by atoms with Crippen LogP contribution in [0.4, 0.5) is 0 Å². The number of carbonyl (C=O) groups excluding carboxylic acids is 1. The average molecular weight is 206 g/mol. The van der Waals surface area contributed by atoms with Crippen LogP contribution in [0.3, 0.4) is 0 Å². The SMILES string of the molecule is CC1(CNC(=O)c2cccnc2)COC1. The van der Waals surface area contributed by atoms with Crippen LogP contribution >= 0.6 is 0 Å². The van der Waals surface area contributed by atoms with Crippen molar-refractivity contribution in [3.63, 3.8) is 0 Å². The summed E-state index contributed by atoms with van der Waals surface area (Å²) in [5.74, 6) is -0.0729. The van der Waals surface area contributed by atoms with Crippen LogP contribution in [0.15, 0.2) is 24.5 Å². The van der Waals surface area contributed by atoms with E-state index in [0.29, 0.717) is 12.1 Å². The van der Waals surface area contributed by atoms with Crippen molar-refractivity contribution < 1.29 is 9.53 Å². The van der Waals surface area contributed by atoms with Crippen molar-refractivity contribution in [2.45, 2.75) is 6.92 Å². The van der Waals surface area contributed by atoms with Crippen LogP contribution in [0.25, 0.3) is 0 Å². The normalized spacial score (nSPS) is 17.9. The molecule has 0 aliphatic carbocycles. The summed E-state index contributed by atoms with van der Waals surface area (Å²) < 4.78 is 5.11. The summed E-state index contributed by atoms with van der Waals surface area (Å²) in [6.45, 7) is 4.20. The van der Waals surface area contributed by atoms with Gasteiger partial charge in [-0.2, -0.15) is 0 Å². The fourth-order valence-corrected chi connectivity index (χ4v) is 1.45. The van der Waals surface area contributed by atoms with Crippen molar-refractivity contribution in [1.29, 1.82) is 0 Å². The van der Waals surface area contributed by atoms with Crippen LogP contribution in [-0.2, 0) is 4.74 Å². The smallest absolute Gasteiger partial charge is 0.252 e. The summed E-state index contributed by atoms with van der Waals surface area (Å²) in [5, 5.41) is 2.88. The molecular weight excluding hydrogens is 192 g/mol. The van der Waals surface area contributed by atoms with E-state index in [-0.39, 0.29) is 11.3 Å². The first-order chi connectivity index (χ1) is 7.20. The van der Waals surface area contributed by atoms with Crippen LogP contribution in [-0.4, -0.2) is 30.6 Å². The van der Waals surface area contributed by atoms with Gasteiger partial charge in [-0.05, 0) is 12.1 Å². The van der Waals surface area contributed by atoms with Crippen LogP contribution in [0.5, 0.6) is 0 Å². The van der Waals surface area contributed by atoms with E-state index in [2.05, 4.69) is 17.2 Å². The van der Waals surface area contributed by atoms with Gasteiger partial charge in [0.05, 0.1) is 18.8 Å². The molecule has 0 radical (unpaired) electrons. The van der Waals surface area contributed by atoms with Crippen molar-refractivity contribution in [2.24, 2.45) is 5.41 Å². The Morgan fingerprint density at radius 3 is 3.00 bits per heavy atom. The quantitative estimate of drug-likeness (QED) is 0.797. The number of nitrogens with zero attached hydrogens (tertiary/aromatic N) is 1. The minimum atomic E-state index is -0.0729. The molecule has 1 saturated heterocycles. The van der Waals surface area contributed by atoms with Crippen molar-refractivity contribution in [3.05, 3.63) is 30.1 Å². The van der Waals surface area contributed by atoms with E-state index in [9.17, 15) is 4.79 Å². The Balaban J connectivity index is 1.88. The second-order valence-corrected chi connectivity index (χ2v) is 4.23. The average Bonchev–Trinajstić information content (AvgIpc) is 2.24. The first kappa shape index (κ1) is 10.1. The zero-order chi connectivity index (χ0) is 10.7. The van der Waals surface area contributed by atoms with Crippen molar-refractivity contribution in [2.75, 3.05) is 19.8 Å². The topological polar surface area (TPSA) is 51.2 Å². The van der Waals surface area contributed by atoms with Crippen molar-refractivity contribution in [3.8, 4) is 0 Å². The van der Waals surface area contributed by atoms with Gasteiger partial charge in [0.1, 0.15) is 0 Å². The molecule has 0 aromatic carbocycles. The summed E-state index contributed by atoms with van der Waals surface area (Å²) in [7, 11) is 0. The Morgan fingerprint density at radius 2 is 2.47 bits per heavy atom. The summed E-state index contributed by atoms with van der Waals surface area (Å²) in [6.07, 6.45) is 3.22.